The average Bonchev–Trinajstić information content (AvgIpc) is 3.23. The Labute approximate surface area is 173 Å². The molecular weight excluding hydrogens is 389 g/mol. The monoisotopic (exact) mass is 411 g/mol. The molecular formula is C22H22FN3O4. The van der Waals surface area contributed by atoms with Gasteiger partial charge in [-0.05, 0) is 43.1 Å². The van der Waals surface area contributed by atoms with E-state index in [1.165, 1.54) is 11.0 Å². The van der Waals surface area contributed by atoms with Gasteiger partial charge in [-0.2, -0.15) is 0 Å². The van der Waals surface area contributed by atoms with Gasteiger partial charge in [0.25, 0.3) is 0 Å². The zero-order chi connectivity index (χ0) is 20.7. The molecule has 2 aromatic carbocycles. The smallest absolute Gasteiger partial charge is 0.327 e. The molecule has 0 aliphatic carbocycles. The summed E-state index contributed by atoms with van der Waals surface area (Å²) in [6.07, 6.45) is 1.57. The molecule has 3 amide bonds. The molecule has 3 aliphatic heterocycles. The van der Waals surface area contributed by atoms with Gasteiger partial charge in [-0.15, -0.1) is 0 Å². The number of amides is 3. The van der Waals surface area contributed by atoms with E-state index in [1.54, 1.807) is 35.2 Å². The van der Waals surface area contributed by atoms with Crippen molar-refractivity contribution in [2.45, 2.75) is 38.0 Å². The predicted octanol–water partition coefficient (Wildman–Crippen LogP) is 2.64. The normalized spacial score (nSPS) is 23.0. The van der Waals surface area contributed by atoms with Crippen molar-refractivity contribution >= 4 is 11.9 Å². The summed E-state index contributed by atoms with van der Waals surface area (Å²) in [6, 6.07) is 10.6. The van der Waals surface area contributed by atoms with E-state index < -0.39 is 12.1 Å². The number of fused-ring (bicyclic) bond motifs is 2. The summed E-state index contributed by atoms with van der Waals surface area (Å²) in [5, 5.41) is 3.26. The van der Waals surface area contributed by atoms with Gasteiger partial charge in [0.2, 0.25) is 12.7 Å². The molecule has 156 valence electrons. The first-order valence-corrected chi connectivity index (χ1v) is 10.1. The number of hydrogen-bond donors (Lipinski definition) is 1. The first kappa shape index (κ1) is 18.9. The number of benzene rings is 2. The molecule has 5 rings (SSSR count). The van der Waals surface area contributed by atoms with Gasteiger partial charge in [0.1, 0.15) is 11.9 Å². The van der Waals surface area contributed by atoms with Crippen molar-refractivity contribution in [1.82, 2.24) is 15.1 Å². The van der Waals surface area contributed by atoms with Crippen LogP contribution < -0.4 is 14.8 Å². The number of rotatable bonds is 4. The molecule has 2 aromatic rings. The van der Waals surface area contributed by atoms with E-state index in [4.69, 9.17) is 9.47 Å². The van der Waals surface area contributed by atoms with Crippen LogP contribution in [0.15, 0.2) is 42.5 Å². The minimum Gasteiger partial charge on any atom is -0.454 e. The van der Waals surface area contributed by atoms with Gasteiger partial charge in [-0.3, -0.25) is 9.69 Å². The molecule has 3 heterocycles. The summed E-state index contributed by atoms with van der Waals surface area (Å²) in [7, 11) is 0. The van der Waals surface area contributed by atoms with Gasteiger partial charge in [0.05, 0.1) is 19.1 Å². The van der Waals surface area contributed by atoms with Crippen LogP contribution in [0.2, 0.25) is 0 Å². The third kappa shape index (κ3) is 3.27. The molecule has 8 heteroatoms. The number of ether oxygens (including phenoxy) is 2. The zero-order valence-corrected chi connectivity index (χ0v) is 16.3. The van der Waals surface area contributed by atoms with Gasteiger partial charge in [-0.1, -0.05) is 24.3 Å². The second kappa shape index (κ2) is 7.60. The Kier molecular flexibility index (Phi) is 4.78. The zero-order valence-electron chi connectivity index (χ0n) is 16.3. The number of hydrogen-bond acceptors (Lipinski definition) is 5. The summed E-state index contributed by atoms with van der Waals surface area (Å²) < 4.78 is 25.0. The minimum atomic E-state index is -0.489. The molecule has 3 aliphatic rings. The fraction of sp³-hybridized carbons (Fsp3) is 0.364. The van der Waals surface area contributed by atoms with Gasteiger partial charge in [0.15, 0.2) is 11.5 Å². The van der Waals surface area contributed by atoms with E-state index >= 15 is 0 Å². The maximum absolute atomic E-state index is 14.3. The van der Waals surface area contributed by atoms with Crippen molar-refractivity contribution in [2.24, 2.45) is 0 Å². The maximum Gasteiger partial charge on any atom is 0.327 e. The SMILES string of the molecule is O=C1C2NCCCC2N(Cc2ccccc2F)C(=O)N1Cc1ccc2c(c1)OCO2. The van der Waals surface area contributed by atoms with Crippen LogP contribution in [-0.4, -0.2) is 47.2 Å². The molecule has 7 nitrogen and oxygen atoms in total. The van der Waals surface area contributed by atoms with Crippen molar-refractivity contribution in [2.75, 3.05) is 13.3 Å². The average molecular weight is 411 g/mol. The number of nitrogens with zero attached hydrogens (tertiary/aromatic N) is 2. The summed E-state index contributed by atoms with van der Waals surface area (Å²) >= 11 is 0. The van der Waals surface area contributed by atoms with Crippen LogP contribution in [0.25, 0.3) is 0 Å². The predicted molar refractivity (Wildman–Crippen MR) is 105 cm³/mol. The quantitative estimate of drug-likeness (QED) is 0.838. The highest BCUT2D eigenvalue weighted by molar-refractivity contribution is 6.00. The number of halogens is 1. The van der Waals surface area contributed by atoms with Gasteiger partial charge < -0.3 is 19.7 Å². The van der Waals surface area contributed by atoms with E-state index in [1.807, 2.05) is 6.07 Å². The fourth-order valence-corrected chi connectivity index (χ4v) is 4.38. The number of piperidine rings is 1. The molecule has 0 aromatic heterocycles. The molecule has 30 heavy (non-hydrogen) atoms. The molecule has 2 atom stereocenters. The number of nitrogens with one attached hydrogen (secondary N) is 1. The molecule has 2 saturated heterocycles. The lowest BCUT2D eigenvalue weighted by molar-refractivity contribution is -0.137. The number of carbonyl (C=O) groups excluding carboxylic acids is 2. The molecule has 0 radical (unpaired) electrons. The topological polar surface area (TPSA) is 71.1 Å². The lowest BCUT2D eigenvalue weighted by atomic mass is 9.92. The van der Waals surface area contributed by atoms with Crippen molar-refractivity contribution in [1.29, 1.82) is 0 Å². The lowest BCUT2D eigenvalue weighted by Crippen LogP contribution is -2.68. The third-order valence-electron chi connectivity index (χ3n) is 5.91. The number of urea groups is 1. The lowest BCUT2D eigenvalue weighted by Gasteiger charge is -2.47. The molecule has 2 unspecified atom stereocenters. The Morgan fingerprint density at radius 2 is 1.90 bits per heavy atom. The highest BCUT2D eigenvalue weighted by Crippen LogP contribution is 2.34. The summed E-state index contributed by atoms with van der Waals surface area (Å²) in [5.41, 5.74) is 1.20. The largest absolute Gasteiger partial charge is 0.454 e. The van der Waals surface area contributed by atoms with Crippen molar-refractivity contribution in [3.05, 3.63) is 59.4 Å². The molecule has 2 fully saturated rings. The van der Waals surface area contributed by atoms with Crippen molar-refractivity contribution < 1.29 is 23.5 Å². The van der Waals surface area contributed by atoms with E-state index in [-0.39, 0.29) is 37.6 Å². The van der Waals surface area contributed by atoms with Crippen LogP contribution in [-0.2, 0) is 17.9 Å². The Morgan fingerprint density at radius 1 is 1.07 bits per heavy atom. The standard InChI is InChI=1S/C22H22FN3O4/c23-16-5-2-1-4-15(16)12-25-17-6-3-9-24-20(17)21(27)26(22(25)28)11-14-7-8-18-19(10-14)30-13-29-18/h1-2,4-5,7-8,10,17,20,24H,3,6,9,11-13H2. The Morgan fingerprint density at radius 3 is 2.77 bits per heavy atom. The van der Waals surface area contributed by atoms with Crippen LogP contribution in [0.4, 0.5) is 9.18 Å². The van der Waals surface area contributed by atoms with Crippen molar-refractivity contribution in [3.63, 3.8) is 0 Å². The second-order valence-corrected chi connectivity index (χ2v) is 7.76. The number of imide groups is 1. The van der Waals surface area contributed by atoms with E-state index in [2.05, 4.69) is 5.32 Å². The van der Waals surface area contributed by atoms with E-state index in [9.17, 15) is 14.0 Å². The van der Waals surface area contributed by atoms with Gasteiger partial charge in [0, 0.05) is 5.56 Å². The first-order valence-electron chi connectivity index (χ1n) is 10.1. The van der Waals surface area contributed by atoms with Crippen LogP contribution >= 0.6 is 0 Å². The Hall–Kier alpha value is -3.13. The first-order chi connectivity index (χ1) is 14.6. The fourth-order valence-electron chi connectivity index (χ4n) is 4.38. The van der Waals surface area contributed by atoms with E-state index in [0.29, 0.717) is 30.0 Å². The van der Waals surface area contributed by atoms with Gasteiger partial charge >= 0.3 is 6.03 Å². The summed E-state index contributed by atoms with van der Waals surface area (Å²) in [5.74, 6) is 0.642. The van der Waals surface area contributed by atoms with Crippen LogP contribution in [0.1, 0.15) is 24.0 Å². The summed E-state index contributed by atoms with van der Waals surface area (Å²) in [4.78, 5) is 29.4. The van der Waals surface area contributed by atoms with Crippen LogP contribution in [0.5, 0.6) is 11.5 Å². The Balaban J connectivity index is 1.44. The Bertz CT molecular complexity index is 998. The maximum atomic E-state index is 14.3. The van der Waals surface area contributed by atoms with Crippen LogP contribution in [0.3, 0.4) is 0 Å². The highest BCUT2D eigenvalue weighted by Gasteiger charge is 2.47. The van der Waals surface area contributed by atoms with Crippen molar-refractivity contribution in [3.8, 4) is 11.5 Å². The molecule has 0 bridgehead atoms. The van der Waals surface area contributed by atoms with E-state index in [0.717, 1.165) is 12.0 Å². The molecule has 0 saturated carbocycles. The molecule has 0 spiro atoms. The minimum absolute atomic E-state index is 0.118. The second-order valence-electron chi connectivity index (χ2n) is 7.76. The van der Waals surface area contributed by atoms with Gasteiger partial charge in [-0.25, -0.2) is 9.18 Å². The highest BCUT2D eigenvalue weighted by atomic mass is 19.1. The van der Waals surface area contributed by atoms with Crippen LogP contribution in [0, 0.1) is 5.82 Å². The number of carbonyl (C=O) groups is 2. The third-order valence-corrected chi connectivity index (χ3v) is 5.91. The molecule has 1 N–H and O–H groups in total. The summed E-state index contributed by atoms with van der Waals surface area (Å²) in [6.45, 7) is 1.11.